The summed E-state index contributed by atoms with van der Waals surface area (Å²) >= 11 is 0. The minimum Gasteiger partial charge on any atom is -0.444 e. The molecule has 2 N–H and O–H groups in total. The van der Waals surface area contributed by atoms with Crippen LogP contribution < -0.4 is 5.73 Å². The van der Waals surface area contributed by atoms with Crippen LogP contribution in [0, 0.1) is 32.1 Å². The van der Waals surface area contributed by atoms with Crippen LogP contribution in [0.15, 0.2) is 10.6 Å². The highest BCUT2D eigenvalue weighted by molar-refractivity contribution is 5.57. The Labute approximate surface area is 99.5 Å². The van der Waals surface area contributed by atoms with Gasteiger partial charge in [0.05, 0.1) is 11.8 Å². The molecule has 0 saturated carbocycles. The quantitative estimate of drug-likeness (QED) is 0.854. The van der Waals surface area contributed by atoms with E-state index in [1.807, 2.05) is 25.3 Å². The van der Waals surface area contributed by atoms with Gasteiger partial charge in [0.25, 0.3) is 0 Å². The van der Waals surface area contributed by atoms with Crippen LogP contribution in [-0.2, 0) is 6.54 Å². The fourth-order valence-corrected chi connectivity index (χ4v) is 1.85. The molecule has 0 unspecified atom stereocenters. The Bertz CT molecular complexity index is 601. The summed E-state index contributed by atoms with van der Waals surface area (Å²) in [7, 11) is 0. The Morgan fingerprint density at radius 1 is 1.47 bits per heavy atom. The number of aryl methyl sites for hydroxylation is 1. The molecule has 0 aliphatic rings. The zero-order chi connectivity index (χ0) is 12.6. The van der Waals surface area contributed by atoms with Crippen LogP contribution in [0.2, 0.25) is 0 Å². The molecule has 0 atom stereocenters. The Hall–Kier alpha value is -2.22. The van der Waals surface area contributed by atoms with Gasteiger partial charge in [-0.25, -0.2) is 4.98 Å². The van der Waals surface area contributed by atoms with Crippen molar-refractivity contribution in [3.8, 4) is 6.07 Å². The first-order valence-electron chi connectivity index (χ1n) is 5.31. The van der Waals surface area contributed by atoms with E-state index >= 15 is 0 Å². The topological polar surface area (TPSA) is 80.8 Å². The van der Waals surface area contributed by atoms with Gasteiger partial charge in [0.2, 0.25) is 5.89 Å². The van der Waals surface area contributed by atoms with Gasteiger partial charge in [0.1, 0.15) is 24.2 Å². The lowest BCUT2D eigenvalue weighted by Crippen LogP contribution is -2.06. The number of aromatic nitrogens is 2. The number of rotatable bonds is 2. The van der Waals surface area contributed by atoms with Gasteiger partial charge in [-0.05, 0) is 26.3 Å². The number of nitrogens with two attached hydrogens (primary N) is 1. The van der Waals surface area contributed by atoms with Gasteiger partial charge >= 0.3 is 0 Å². The zero-order valence-corrected chi connectivity index (χ0v) is 10.1. The van der Waals surface area contributed by atoms with Crippen molar-refractivity contribution >= 4 is 5.82 Å². The lowest BCUT2D eigenvalue weighted by molar-refractivity contribution is 0.457. The molecule has 0 aliphatic carbocycles. The number of nitrogen functional groups attached to an aromatic ring is 1. The van der Waals surface area contributed by atoms with Crippen LogP contribution in [0.5, 0.6) is 0 Å². The van der Waals surface area contributed by atoms with E-state index in [0.717, 1.165) is 17.0 Å². The van der Waals surface area contributed by atoms with Crippen LogP contribution in [0.25, 0.3) is 0 Å². The average Bonchev–Trinajstić information content (AvgIpc) is 2.78. The van der Waals surface area contributed by atoms with Crippen molar-refractivity contribution in [3.63, 3.8) is 0 Å². The zero-order valence-electron chi connectivity index (χ0n) is 10.1. The molecular formula is C12H14N4O. The molecule has 0 amide bonds. The predicted octanol–water partition coefficient (Wildman–Crippen LogP) is 1.90. The molecule has 0 spiro atoms. The molecule has 5 heteroatoms. The smallest absolute Gasteiger partial charge is 0.214 e. The van der Waals surface area contributed by atoms with Crippen molar-refractivity contribution in [1.82, 2.24) is 9.55 Å². The van der Waals surface area contributed by atoms with Crippen LogP contribution in [-0.4, -0.2) is 9.55 Å². The fraction of sp³-hybridized carbons (Fsp3) is 0.333. The molecule has 2 rings (SSSR count). The second-order valence-electron chi connectivity index (χ2n) is 4.03. The van der Waals surface area contributed by atoms with E-state index < -0.39 is 0 Å². The first-order valence-corrected chi connectivity index (χ1v) is 5.31. The van der Waals surface area contributed by atoms with E-state index in [1.54, 1.807) is 6.20 Å². The summed E-state index contributed by atoms with van der Waals surface area (Å²) in [5, 5.41) is 9.02. The number of nitriles is 1. The van der Waals surface area contributed by atoms with Crippen molar-refractivity contribution in [2.45, 2.75) is 27.3 Å². The molecule has 2 aromatic heterocycles. The first-order chi connectivity index (χ1) is 8.04. The minimum absolute atomic E-state index is 0.452. The molecule has 0 fully saturated rings. The maximum atomic E-state index is 9.02. The highest BCUT2D eigenvalue weighted by Gasteiger charge is 2.16. The number of nitrogens with zero attached hydrogens (tertiary/aromatic N) is 3. The molecule has 0 bridgehead atoms. The molecule has 0 aliphatic heterocycles. The van der Waals surface area contributed by atoms with Crippen molar-refractivity contribution in [2.75, 3.05) is 5.73 Å². The van der Waals surface area contributed by atoms with Crippen LogP contribution in [0.4, 0.5) is 5.82 Å². The lowest BCUT2D eigenvalue weighted by Gasteiger charge is -2.05. The largest absolute Gasteiger partial charge is 0.444 e. The second-order valence-corrected chi connectivity index (χ2v) is 4.03. The van der Waals surface area contributed by atoms with Gasteiger partial charge in [-0.15, -0.1) is 0 Å². The Morgan fingerprint density at radius 3 is 2.65 bits per heavy atom. The molecule has 2 aromatic rings. The number of anilines is 1. The summed E-state index contributed by atoms with van der Waals surface area (Å²) in [6, 6.07) is 2.12. The van der Waals surface area contributed by atoms with Gasteiger partial charge in [-0.1, -0.05) is 0 Å². The number of oxazole rings is 1. The highest BCUT2D eigenvalue weighted by Crippen LogP contribution is 2.24. The van der Waals surface area contributed by atoms with E-state index in [1.165, 1.54) is 0 Å². The van der Waals surface area contributed by atoms with E-state index in [0.29, 0.717) is 23.8 Å². The average molecular weight is 230 g/mol. The molecule has 0 saturated heterocycles. The Balaban J connectivity index is 2.44. The number of hydrogen-bond acceptors (Lipinski definition) is 4. The van der Waals surface area contributed by atoms with Gasteiger partial charge in [-0.3, -0.25) is 0 Å². The maximum absolute atomic E-state index is 9.02. The van der Waals surface area contributed by atoms with Gasteiger partial charge in [0.15, 0.2) is 0 Å². The number of hydrogen-bond donors (Lipinski definition) is 1. The normalized spacial score (nSPS) is 10.5. The lowest BCUT2D eigenvalue weighted by atomic mass is 10.2. The van der Waals surface area contributed by atoms with Crippen molar-refractivity contribution in [1.29, 1.82) is 5.26 Å². The Morgan fingerprint density at radius 2 is 2.18 bits per heavy atom. The fourth-order valence-electron chi connectivity index (χ4n) is 1.85. The molecular weight excluding hydrogens is 216 g/mol. The molecule has 88 valence electrons. The summed E-state index contributed by atoms with van der Waals surface area (Å²) < 4.78 is 7.26. The standard InChI is InChI=1S/C12H14N4O/c1-7-5-15-11(17-7)6-16-9(3)8(2)10(4-13)12(16)14/h5H,6,14H2,1-3H3. The summed E-state index contributed by atoms with van der Waals surface area (Å²) in [5.74, 6) is 1.83. The molecule has 5 nitrogen and oxygen atoms in total. The Kier molecular flexibility index (Phi) is 2.64. The third-order valence-corrected chi connectivity index (χ3v) is 2.94. The maximum Gasteiger partial charge on any atom is 0.214 e. The van der Waals surface area contributed by atoms with Gasteiger partial charge in [0, 0.05) is 5.69 Å². The monoisotopic (exact) mass is 230 g/mol. The summed E-state index contributed by atoms with van der Waals surface area (Å²) in [6.45, 7) is 6.12. The van der Waals surface area contributed by atoms with E-state index in [9.17, 15) is 0 Å². The molecule has 2 heterocycles. The summed E-state index contributed by atoms with van der Waals surface area (Å²) in [4.78, 5) is 4.13. The van der Waals surface area contributed by atoms with Crippen molar-refractivity contribution in [3.05, 3.63) is 34.7 Å². The summed E-state index contributed by atoms with van der Waals surface area (Å²) in [5.41, 5.74) is 8.35. The highest BCUT2D eigenvalue weighted by atomic mass is 16.4. The van der Waals surface area contributed by atoms with Gasteiger partial charge in [-0.2, -0.15) is 5.26 Å². The van der Waals surface area contributed by atoms with Gasteiger partial charge < -0.3 is 14.7 Å². The SMILES string of the molecule is Cc1cnc(Cn2c(C)c(C)c(C#N)c2N)o1. The van der Waals surface area contributed by atoms with Crippen LogP contribution in [0.3, 0.4) is 0 Å². The summed E-state index contributed by atoms with van der Waals surface area (Å²) in [6.07, 6.45) is 1.67. The van der Waals surface area contributed by atoms with E-state index in [4.69, 9.17) is 15.4 Å². The third-order valence-electron chi connectivity index (χ3n) is 2.94. The van der Waals surface area contributed by atoms with E-state index in [-0.39, 0.29) is 0 Å². The van der Waals surface area contributed by atoms with Crippen LogP contribution in [0.1, 0.15) is 28.5 Å². The van der Waals surface area contributed by atoms with E-state index in [2.05, 4.69) is 11.1 Å². The van der Waals surface area contributed by atoms with Crippen molar-refractivity contribution in [2.24, 2.45) is 0 Å². The molecule has 17 heavy (non-hydrogen) atoms. The second kappa shape index (κ2) is 3.98. The predicted molar refractivity (Wildman–Crippen MR) is 63.4 cm³/mol. The molecule has 0 radical (unpaired) electrons. The molecule has 0 aromatic carbocycles. The van der Waals surface area contributed by atoms with Crippen molar-refractivity contribution < 1.29 is 4.42 Å². The first kappa shape index (κ1) is 11.3. The third kappa shape index (κ3) is 1.78. The minimum atomic E-state index is 0.452. The van der Waals surface area contributed by atoms with Crippen LogP contribution >= 0.6 is 0 Å².